The summed E-state index contributed by atoms with van der Waals surface area (Å²) in [4.78, 5) is 2.35. The Morgan fingerprint density at radius 3 is 2.71 bits per heavy atom. The molecule has 0 bridgehead atoms. The Morgan fingerprint density at radius 1 is 1.24 bits per heavy atom. The van der Waals surface area contributed by atoms with Crippen LogP contribution in [0.2, 0.25) is 0 Å². The quantitative estimate of drug-likeness (QED) is 0.917. The number of benzene rings is 1. The van der Waals surface area contributed by atoms with Gasteiger partial charge in [0.05, 0.1) is 12.1 Å². The lowest BCUT2D eigenvalue weighted by Gasteiger charge is -2.30. The molecule has 2 heterocycles. The van der Waals surface area contributed by atoms with E-state index < -0.39 is 0 Å². The van der Waals surface area contributed by atoms with Gasteiger partial charge in [0.1, 0.15) is 0 Å². The monoisotopic (exact) mass is 350 g/mol. The predicted molar refractivity (Wildman–Crippen MR) is 84.5 cm³/mol. The van der Waals surface area contributed by atoms with Crippen molar-refractivity contribution < 1.29 is 4.42 Å². The average Bonchev–Trinajstić information content (AvgIpc) is 2.97. The fourth-order valence-electron chi connectivity index (χ4n) is 2.63. The molecule has 5 nitrogen and oxygen atoms in total. The second-order valence-electron chi connectivity index (χ2n) is 5.44. The number of nitrogens with two attached hydrogens (primary N) is 1. The van der Waals surface area contributed by atoms with Gasteiger partial charge < -0.3 is 10.2 Å². The molecule has 1 aliphatic rings. The fourth-order valence-corrected chi connectivity index (χ4v) is 3.09. The smallest absolute Gasteiger partial charge is 0.248 e. The maximum absolute atomic E-state index is 5.79. The van der Waals surface area contributed by atoms with E-state index >= 15 is 0 Å². The normalized spacial score (nSPS) is 17.2. The van der Waals surface area contributed by atoms with Crippen LogP contribution in [0, 0.1) is 5.92 Å². The fraction of sp³-hybridized carbons (Fsp3) is 0.467. The Kier molecular flexibility index (Phi) is 4.67. The van der Waals surface area contributed by atoms with Crippen molar-refractivity contribution in [2.45, 2.75) is 19.4 Å². The van der Waals surface area contributed by atoms with Gasteiger partial charge in [-0.3, -0.25) is 4.90 Å². The van der Waals surface area contributed by atoms with E-state index in [0.29, 0.717) is 17.7 Å². The Hall–Kier alpha value is -1.24. The summed E-state index contributed by atoms with van der Waals surface area (Å²) in [7, 11) is 0. The minimum absolute atomic E-state index is 0.564. The first-order valence-electron chi connectivity index (χ1n) is 7.26. The van der Waals surface area contributed by atoms with Gasteiger partial charge in [-0.05, 0) is 66.5 Å². The molecule has 0 aliphatic carbocycles. The Bertz CT molecular complexity index is 593. The molecule has 2 N–H and O–H groups in total. The number of aromatic nitrogens is 2. The number of halogens is 1. The number of likely N-dealkylation sites (tertiary alicyclic amines) is 1. The Labute approximate surface area is 132 Å². The van der Waals surface area contributed by atoms with E-state index in [4.69, 9.17) is 10.2 Å². The molecule has 2 aromatic rings. The molecule has 1 fully saturated rings. The molecular formula is C15H19BrN4O. The van der Waals surface area contributed by atoms with E-state index in [1.807, 2.05) is 24.3 Å². The zero-order chi connectivity index (χ0) is 14.7. The van der Waals surface area contributed by atoms with Gasteiger partial charge in [0.2, 0.25) is 11.8 Å². The molecule has 0 amide bonds. The minimum Gasteiger partial charge on any atom is -0.419 e. The van der Waals surface area contributed by atoms with Crippen LogP contribution in [0.5, 0.6) is 0 Å². The minimum atomic E-state index is 0.564. The molecule has 0 atom stereocenters. The van der Waals surface area contributed by atoms with E-state index in [0.717, 1.165) is 49.1 Å². The predicted octanol–water partition coefficient (Wildman–Crippen LogP) is 2.67. The summed E-state index contributed by atoms with van der Waals surface area (Å²) in [6.07, 6.45) is 2.31. The standard InChI is InChI=1S/C15H19BrN4O/c16-13-4-2-1-3-12(13)15-19-18-14(21-15)10-20-7-5-11(9-17)6-8-20/h1-4,11H,5-10,17H2. The van der Waals surface area contributed by atoms with Gasteiger partial charge in [0, 0.05) is 4.47 Å². The van der Waals surface area contributed by atoms with Gasteiger partial charge in [0.15, 0.2) is 0 Å². The Balaban J connectivity index is 1.65. The van der Waals surface area contributed by atoms with Crippen molar-refractivity contribution >= 4 is 15.9 Å². The van der Waals surface area contributed by atoms with E-state index in [1.165, 1.54) is 0 Å². The second-order valence-corrected chi connectivity index (χ2v) is 6.29. The van der Waals surface area contributed by atoms with Crippen LogP contribution in [-0.4, -0.2) is 34.7 Å². The number of piperidine rings is 1. The van der Waals surface area contributed by atoms with Crippen LogP contribution in [-0.2, 0) is 6.54 Å². The lowest BCUT2D eigenvalue weighted by Crippen LogP contribution is -2.35. The SMILES string of the molecule is NCC1CCN(Cc2nnc(-c3ccccc3Br)o2)CC1. The van der Waals surface area contributed by atoms with Crippen LogP contribution >= 0.6 is 15.9 Å². The highest BCUT2D eigenvalue weighted by Crippen LogP contribution is 2.27. The van der Waals surface area contributed by atoms with Gasteiger partial charge in [-0.25, -0.2) is 0 Å². The number of nitrogens with zero attached hydrogens (tertiary/aromatic N) is 3. The van der Waals surface area contributed by atoms with Crippen molar-refractivity contribution in [1.29, 1.82) is 0 Å². The third-order valence-electron chi connectivity index (χ3n) is 3.97. The molecule has 0 radical (unpaired) electrons. The third-order valence-corrected chi connectivity index (χ3v) is 4.66. The summed E-state index contributed by atoms with van der Waals surface area (Å²) in [6.45, 7) is 3.61. The van der Waals surface area contributed by atoms with Crippen LogP contribution < -0.4 is 5.73 Å². The first kappa shape index (κ1) is 14.7. The molecule has 6 heteroatoms. The van der Waals surface area contributed by atoms with Crippen LogP contribution in [0.15, 0.2) is 33.2 Å². The summed E-state index contributed by atoms with van der Waals surface area (Å²) in [5.41, 5.74) is 6.65. The molecule has 1 aliphatic heterocycles. The van der Waals surface area contributed by atoms with Gasteiger partial charge in [-0.15, -0.1) is 10.2 Å². The third kappa shape index (κ3) is 3.51. The van der Waals surface area contributed by atoms with E-state index in [1.54, 1.807) is 0 Å². The molecular weight excluding hydrogens is 332 g/mol. The number of hydrogen-bond donors (Lipinski definition) is 1. The zero-order valence-electron chi connectivity index (χ0n) is 11.8. The first-order valence-corrected chi connectivity index (χ1v) is 8.05. The van der Waals surface area contributed by atoms with Crippen molar-refractivity contribution in [3.63, 3.8) is 0 Å². The highest BCUT2D eigenvalue weighted by atomic mass is 79.9. The van der Waals surface area contributed by atoms with Crippen molar-refractivity contribution in [2.75, 3.05) is 19.6 Å². The number of hydrogen-bond acceptors (Lipinski definition) is 5. The van der Waals surface area contributed by atoms with Gasteiger partial charge in [-0.1, -0.05) is 12.1 Å². The largest absolute Gasteiger partial charge is 0.419 e. The summed E-state index contributed by atoms with van der Waals surface area (Å²) < 4.78 is 6.75. The summed E-state index contributed by atoms with van der Waals surface area (Å²) in [5, 5.41) is 8.31. The van der Waals surface area contributed by atoms with Crippen LogP contribution in [0.4, 0.5) is 0 Å². The molecule has 0 unspecified atom stereocenters. The van der Waals surface area contributed by atoms with Crippen LogP contribution in [0.1, 0.15) is 18.7 Å². The van der Waals surface area contributed by atoms with Crippen LogP contribution in [0.3, 0.4) is 0 Å². The molecule has 112 valence electrons. The summed E-state index contributed by atoms with van der Waals surface area (Å²) >= 11 is 3.51. The molecule has 0 saturated carbocycles. The molecule has 21 heavy (non-hydrogen) atoms. The molecule has 1 aromatic heterocycles. The van der Waals surface area contributed by atoms with E-state index in [9.17, 15) is 0 Å². The zero-order valence-corrected chi connectivity index (χ0v) is 13.4. The van der Waals surface area contributed by atoms with Crippen molar-refractivity contribution in [3.8, 4) is 11.5 Å². The highest BCUT2D eigenvalue weighted by molar-refractivity contribution is 9.10. The molecule has 3 rings (SSSR count). The first-order chi connectivity index (χ1) is 10.3. The number of rotatable bonds is 4. The van der Waals surface area contributed by atoms with Gasteiger partial charge >= 0.3 is 0 Å². The topological polar surface area (TPSA) is 68.2 Å². The summed E-state index contributed by atoms with van der Waals surface area (Å²) in [5.74, 6) is 1.90. The van der Waals surface area contributed by atoms with Gasteiger partial charge in [-0.2, -0.15) is 0 Å². The van der Waals surface area contributed by atoms with Crippen molar-refractivity contribution in [2.24, 2.45) is 11.7 Å². The summed E-state index contributed by atoms with van der Waals surface area (Å²) in [6, 6.07) is 7.86. The van der Waals surface area contributed by atoms with Crippen molar-refractivity contribution in [1.82, 2.24) is 15.1 Å². The lowest BCUT2D eigenvalue weighted by atomic mass is 9.97. The van der Waals surface area contributed by atoms with Crippen LogP contribution in [0.25, 0.3) is 11.5 Å². The van der Waals surface area contributed by atoms with Gasteiger partial charge in [0.25, 0.3) is 0 Å². The van der Waals surface area contributed by atoms with E-state index in [2.05, 4.69) is 31.0 Å². The molecule has 1 saturated heterocycles. The average molecular weight is 351 g/mol. The highest BCUT2D eigenvalue weighted by Gasteiger charge is 2.20. The molecule has 0 spiro atoms. The second kappa shape index (κ2) is 6.68. The lowest BCUT2D eigenvalue weighted by molar-refractivity contribution is 0.167. The Morgan fingerprint density at radius 2 is 2.00 bits per heavy atom. The van der Waals surface area contributed by atoms with Crippen molar-refractivity contribution in [3.05, 3.63) is 34.6 Å². The molecule has 1 aromatic carbocycles. The maximum atomic E-state index is 5.79. The van der Waals surface area contributed by atoms with E-state index in [-0.39, 0.29) is 0 Å². The maximum Gasteiger partial charge on any atom is 0.248 e.